The third-order valence-electron chi connectivity index (χ3n) is 2.64. The molecule has 0 saturated heterocycles. The molecule has 0 amide bonds. The first kappa shape index (κ1) is 16.6. The molecule has 116 valence electrons. The number of benzene rings is 1. The lowest BCUT2D eigenvalue weighted by molar-refractivity contribution is -0.384. The van der Waals surface area contributed by atoms with Crippen molar-refractivity contribution in [2.45, 2.75) is 18.6 Å². The highest BCUT2D eigenvalue weighted by Crippen LogP contribution is 2.38. The van der Waals surface area contributed by atoms with Crippen LogP contribution in [0.15, 0.2) is 12.1 Å². The van der Waals surface area contributed by atoms with Gasteiger partial charge in [0.05, 0.1) is 4.92 Å². The van der Waals surface area contributed by atoms with Gasteiger partial charge in [-0.1, -0.05) is 0 Å². The van der Waals surface area contributed by atoms with Gasteiger partial charge in [-0.3, -0.25) is 10.1 Å². The first-order valence-corrected chi connectivity index (χ1v) is 5.12. The molecule has 1 rings (SSSR count). The molecule has 0 aliphatic rings. The van der Waals surface area contributed by atoms with Crippen LogP contribution in [-0.4, -0.2) is 27.7 Å². The SMILES string of the molecule is CC(Nc1c([N+](=O)[O-])ccc(F)c1F)(C(=O)O)C(F)(F)F. The van der Waals surface area contributed by atoms with Gasteiger partial charge in [-0.25, -0.2) is 13.6 Å². The molecule has 0 aliphatic carbocycles. The average molecular weight is 314 g/mol. The Morgan fingerprint density at radius 1 is 1.33 bits per heavy atom. The molecule has 0 aliphatic heterocycles. The summed E-state index contributed by atoms with van der Waals surface area (Å²) in [7, 11) is 0. The second kappa shape index (κ2) is 5.14. The molecule has 21 heavy (non-hydrogen) atoms. The number of carboxylic acids is 1. The normalized spacial score (nSPS) is 14.4. The number of hydrogen-bond donors (Lipinski definition) is 2. The van der Waals surface area contributed by atoms with Gasteiger partial charge >= 0.3 is 12.1 Å². The summed E-state index contributed by atoms with van der Waals surface area (Å²) in [6.07, 6.45) is -5.43. The number of hydrogen-bond acceptors (Lipinski definition) is 4. The molecule has 0 heterocycles. The number of carboxylic acid groups (broad SMARTS) is 1. The molecule has 0 aromatic heterocycles. The van der Waals surface area contributed by atoms with Crippen LogP contribution < -0.4 is 5.32 Å². The van der Waals surface area contributed by atoms with Gasteiger partial charge in [0.2, 0.25) is 5.54 Å². The van der Waals surface area contributed by atoms with E-state index in [1.807, 2.05) is 0 Å². The molecule has 0 bridgehead atoms. The summed E-state index contributed by atoms with van der Waals surface area (Å²) in [5.74, 6) is -6.12. The molecular weight excluding hydrogens is 307 g/mol. The van der Waals surface area contributed by atoms with E-state index in [-0.39, 0.29) is 6.92 Å². The van der Waals surface area contributed by atoms with Crippen molar-refractivity contribution in [2.75, 3.05) is 5.32 Å². The number of halogens is 5. The van der Waals surface area contributed by atoms with E-state index >= 15 is 0 Å². The quantitative estimate of drug-likeness (QED) is 0.506. The highest BCUT2D eigenvalue weighted by atomic mass is 19.4. The summed E-state index contributed by atoms with van der Waals surface area (Å²) < 4.78 is 64.9. The topological polar surface area (TPSA) is 92.5 Å². The van der Waals surface area contributed by atoms with Crippen molar-refractivity contribution in [2.24, 2.45) is 0 Å². The fourth-order valence-corrected chi connectivity index (χ4v) is 1.31. The number of nitro groups is 1. The zero-order valence-corrected chi connectivity index (χ0v) is 10.2. The van der Waals surface area contributed by atoms with Gasteiger partial charge in [-0.2, -0.15) is 13.2 Å². The standard InChI is InChI=1S/C10H7F5N2O4/c1-9(8(18)19,10(13,14)15)16-7-5(17(20)21)3-2-4(11)6(7)12/h2-3,16H,1H3,(H,18,19). The molecule has 11 heteroatoms. The number of carbonyl (C=O) groups is 1. The highest BCUT2D eigenvalue weighted by Gasteiger charge is 2.58. The number of alkyl halides is 3. The Hall–Kier alpha value is -2.46. The molecule has 2 N–H and O–H groups in total. The predicted molar refractivity (Wildman–Crippen MR) is 58.7 cm³/mol. The average Bonchev–Trinajstić information content (AvgIpc) is 2.32. The predicted octanol–water partition coefficient (Wildman–Crippen LogP) is 2.69. The second-order valence-corrected chi connectivity index (χ2v) is 4.07. The van der Waals surface area contributed by atoms with Crippen LogP contribution >= 0.6 is 0 Å². The maximum absolute atomic E-state index is 13.5. The summed E-state index contributed by atoms with van der Waals surface area (Å²) in [5.41, 5.74) is -6.47. The van der Waals surface area contributed by atoms with Gasteiger partial charge in [0.25, 0.3) is 5.69 Å². The summed E-state index contributed by atoms with van der Waals surface area (Å²) in [5, 5.41) is 20.5. The van der Waals surface area contributed by atoms with Crippen molar-refractivity contribution >= 4 is 17.3 Å². The van der Waals surface area contributed by atoms with Gasteiger partial charge in [0.1, 0.15) is 0 Å². The van der Waals surface area contributed by atoms with Crippen LogP contribution in [-0.2, 0) is 4.79 Å². The maximum atomic E-state index is 13.5. The first-order chi connectivity index (χ1) is 9.41. The highest BCUT2D eigenvalue weighted by molar-refractivity contribution is 5.84. The summed E-state index contributed by atoms with van der Waals surface area (Å²) in [4.78, 5) is 20.1. The smallest absolute Gasteiger partial charge is 0.422 e. The second-order valence-electron chi connectivity index (χ2n) is 4.07. The number of nitrogens with zero attached hydrogens (tertiary/aromatic N) is 1. The van der Waals surface area contributed by atoms with Gasteiger partial charge in [-0.05, 0) is 13.0 Å². The summed E-state index contributed by atoms with van der Waals surface area (Å²) in [6.45, 7) is 0.128. The fraction of sp³-hybridized carbons (Fsp3) is 0.300. The van der Waals surface area contributed by atoms with E-state index in [4.69, 9.17) is 5.11 Å². The Bertz CT molecular complexity index is 604. The van der Waals surface area contributed by atoms with Crippen molar-refractivity contribution < 1.29 is 36.8 Å². The zero-order chi connectivity index (χ0) is 16.6. The Kier molecular flexibility index (Phi) is 4.07. The number of rotatable bonds is 4. The number of nitro benzene ring substituents is 1. The fourth-order valence-electron chi connectivity index (χ4n) is 1.31. The summed E-state index contributed by atoms with van der Waals surface area (Å²) >= 11 is 0. The molecular formula is C10H7F5N2O4. The van der Waals surface area contributed by atoms with E-state index in [0.29, 0.717) is 12.1 Å². The first-order valence-electron chi connectivity index (χ1n) is 5.12. The van der Waals surface area contributed by atoms with Gasteiger partial charge < -0.3 is 10.4 Å². The van der Waals surface area contributed by atoms with Crippen LogP contribution in [0.5, 0.6) is 0 Å². The third-order valence-corrected chi connectivity index (χ3v) is 2.64. The number of anilines is 1. The zero-order valence-electron chi connectivity index (χ0n) is 10.2. The Balaban J connectivity index is 3.51. The number of aliphatic carboxylic acids is 1. The van der Waals surface area contributed by atoms with E-state index in [2.05, 4.69) is 0 Å². The van der Waals surface area contributed by atoms with Crippen molar-refractivity contribution in [3.8, 4) is 0 Å². The van der Waals surface area contributed by atoms with Crippen molar-refractivity contribution in [1.82, 2.24) is 0 Å². The molecule has 1 atom stereocenters. The van der Waals surface area contributed by atoms with Crippen LogP contribution in [0.3, 0.4) is 0 Å². The van der Waals surface area contributed by atoms with Crippen LogP contribution in [0.1, 0.15) is 6.92 Å². The maximum Gasteiger partial charge on any atom is 0.422 e. The Morgan fingerprint density at radius 3 is 2.24 bits per heavy atom. The van der Waals surface area contributed by atoms with Crippen LogP contribution in [0.2, 0.25) is 0 Å². The van der Waals surface area contributed by atoms with E-state index in [1.54, 1.807) is 0 Å². The molecule has 6 nitrogen and oxygen atoms in total. The minimum absolute atomic E-state index is 0.128. The Morgan fingerprint density at radius 2 is 1.86 bits per heavy atom. The van der Waals surface area contributed by atoms with Crippen molar-refractivity contribution in [1.29, 1.82) is 0 Å². The van der Waals surface area contributed by atoms with Gasteiger partial charge in [0, 0.05) is 6.07 Å². The molecule has 0 saturated carbocycles. The molecule has 1 aromatic rings. The molecule has 0 radical (unpaired) electrons. The van der Waals surface area contributed by atoms with Gasteiger partial charge in [-0.15, -0.1) is 0 Å². The summed E-state index contributed by atoms with van der Waals surface area (Å²) in [6, 6.07) is 0.754. The third kappa shape index (κ3) is 2.85. The van der Waals surface area contributed by atoms with E-state index < -0.39 is 45.6 Å². The lowest BCUT2D eigenvalue weighted by atomic mass is 10.0. The van der Waals surface area contributed by atoms with Gasteiger partial charge in [0.15, 0.2) is 17.3 Å². The van der Waals surface area contributed by atoms with Crippen LogP contribution in [0.4, 0.5) is 33.3 Å². The molecule has 0 spiro atoms. The lowest BCUT2D eigenvalue weighted by Crippen LogP contribution is -2.55. The number of nitrogens with one attached hydrogen (secondary N) is 1. The minimum atomic E-state index is -5.43. The molecule has 0 fully saturated rings. The minimum Gasteiger partial charge on any atom is -0.479 e. The monoisotopic (exact) mass is 314 g/mol. The van der Waals surface area contributed by atoms with E-state index in [9.17, 15) is 36.9 Å². The Labute approximate surface area is 113 Å². The molecule has 1 unspecified atom stereocenters. The van der Waals surface area contributed by atoms with E-state index in [1.165, 1.54) is 5.32 Å². The van der Waals surface area contributed by atoms with Crippen LogP contribution in [0, 0.1) is 21.7 Å². The lowest BCUT2D eigenvalue weighted by Gasteiger charge is -2.29. The van der Waals surface area contributed by atoms with E-state index in [0.717, 1.165) is 0 Å². The van der Waals surface area contributed by atoms with Crippen molar-refractivity contribution in [3.63, 3.8) is 0 Å². The molecule has 1 aromatic carbocycles. The van der Waals surface area contributed by atoms with Crippen LogP contribution in [0.25, 0.3) is 0 Å². The largest absolute Gasteiger partial charge is 0.479 e. The van der Waals surface area contributed by atoms with Crippen molar-refractivity contribution in [3.05, 3.63) is 33.9 Å².